The van der Waals surface area contributed by atoms with E-state index in [0.717, 1.165) is 18.9 Å². The van der Waals surface area contributed by atoms with Crippen molar-refractivity contribution in [1.29, 1.82) is 0 Å². The summed E-state index contributed by atoms with van der Waals surface area (Å²) in [7, 11) is 0. The van der Waals surface area contributed by atoms with E-state index in [9.17, 15) is 4.79 Å². The summed E-state index contributed by atoms with van der Waals surface area (Å²) in [5.74, 6) is 2.25. The van der Waals surface area contributed by atoms with Gasteiger partial charge < -0.3 is 10.6 Å². The first kappa shape index (κ1) is 13.9. The minimum Gasteiger partial charge on any atom is -0.353 e. The summed E-state index contributed by atoms with van der Waals surface area (Å²) < 4.78 is 0. The van der Waals surface area contributed by atoms with Gasteiger partial charge in [0.25, 0.3) is 0 Å². The van der Waals surface area contributed by atoms with Crippen LogP contribution in [0.4, 0.5) is 0 Å². The molecule has 2 aliphatic rings. The van der Waals surface area contributed by atoms with Crippen molar-refractivity contribution in [2.45, 2.75) is 65.0 Å². The number of piperidine rings is 1. The smallest absolute Gasteiger partial charge is 0.221 e. The van der Waals surface area contributed by atoms with Gasteiger partial charge in [-0.2, -0.15) is 0 Å². The Balaban J connectivity index is 1.78. The Hall–Kier alpha value is -0.570. The van der Waals surface area contributed by atoms with Gasteiger partial charge in [0.15, 0.2) is 0 Å². The Morgan fingerprint density at radius 2 is 1.94 bits per heavy atom. The Bertz CT molecular complexity index is 284. The number of amides is 1. The lowest BCUT2D eigenvalue weighted by molar-refractivity contribution is -0.122. The molecule has 1 saturated carbocycles. The van der Waals surface area contributed by atoms with Gasteiger partial charge in [0.1, 0.15) is 0 Å². The SMILES string of the molecule is CC1CCCNC1CC(=O)NC1CCC(C)C1C. The summed E-state index contributed by atoms with van der Waals surface area (Å²) >= 11 is 0. The van der Waals surface area contributed by atoms with E-state index in [1.54, 1.807) is 0 Å². The molecule has 0 bridgehead atoms. The first-order valence-corrected chi connectivity index (χ1v) is 7.60. The monoisotopic (exact) mass is 252 g/mol. The molecule has 3 nitrogen and oxygen atoms in total. The predicted molar refractivity (Wildman–Crippen MR) is 74.3 cm³/mol. The third kappa shape index (κ3) is 3.25. The molecule has 2 fully saturated rings. The molecule has 18 heavy (non-hydrogen) atoms. The Kier molecular flexibility index (Phi) is 4.66. The van der Waals surface area contributed by atoms with Crippen molar-refractivity contribution in [2.75, 3.05) is 6.54 Å². The van der Waals surface area contributed by atoms with Crippen LogP contribution in [0.15, 0.2) is 0 Å². The van der Waals surface area contributed by atoms with Gasteiger partial charge in [0.2, 0.25) is 5.91 Å². The summed E-state index contributed by atoms with van der Waals surface area (Å²) in [5, 5.41) is 6.73. The molecule has 2 rings (SSSR count). The van der Waals surface area contributed by atoms with Crippen LogP contribution in [0.1, 0.15) is 52.9 Å². The molecule has 2 N–H and O–H groups in total. The highest BCUT2D eigenvalue weighted by molar-refractivity contribution is 5.77. The summed E-state index contributed by atoms with van der Waals surface area (Å²) in [6.07, 6.45) is 5.56. The molecule has 1 heterocycles. The van der Waals surface area contributed by atoms with E-state index in [0.29, 0.717) is 30.3 Å². The van der Waals surface area contributed by atoms with Crippen LogP contribution in [-0.4, -0.2) is 24.5 Å². The van der Waals surface area contributed by atoms with E-state index in [2.05, 4.69) is 31.4 Å². The number of carbonyl (C=O) groups excluding carboxylic acids is 1. The molecule has 0 aromatic heterocycles. The van der Waals surface area contributed by atoms with Crippen LogP contribution in [0.3, 0.4) is 0 Å². The molecule has 5 atom stereocenters. The third-order valence-electron chi connectivity index (χ3n) is 5.15. The van der Waals surface area contributed by atoms with Gasteiger partial charge >= 0.3 is 0 Å². The van der Waals surface area contributed by atoms with Crippen molar-refractivity contribution in [3.63, 3.8) is 0 Å². The molecule has 0 spiro atoms. The van der Waals surface area contributed by atoms with Gasteiger partial charge in [-0.05, 0) is 50.0 Å². The van der Waals surface area contributed by atoms with E-state index in [1.807, 2.05) is 0 Å². The zero-order valence-corrected chi connectivity index (χ0v) is 12.0. The molecule has 104 valence electrons. The van der Waals surface area contributed by atoms with E-state index in [-0.39, 0.29) is 5.91 Å². The maximum atomic E-state index is 12.1. The zero-order valence-electron chi connectivity index (χ0n) is 12.0. The zero-order chi connectivity index (χ0) is 13.1. The van der Waals surface area contributed by atoms with Gasteiger partial charge in [-0.25, -0.2) is 0 Å². The Morgan fingerprint density at radius 1 is 1.17 bits per heavy atom. The lowest BCUT2D eigenvalue weighted by Crippen LogP contribution is -2.45. The number of hydrogen-bond acceptors (Lipinski definition) is 2. The highest BCUT2D eigenvalue weighted by Gasteiger charge is 2.31. The normalized spacial score (nSPS) is 40.7. The van der Waals surface area contributed by atoms with Crippen LogP contribution in [-0.2, 0) is 4.79 Å². The highest BCUT2D eigenvalue weighted by atomic mass is 16.1. The van der Waals surface area contributed by atoms with E-state index in [4.69, 9.17) is 0 Å². The lowest BCUT2D eigenvalue weighted by Gasteiger charge is -2.30. The van der Waals surface area contributed by atoms with Crippen LogP contribution >= 0.6 is 0 Å². The first-order chi connectivity index (χ1) is 8.58. The molecule has 1 amide bonds. The molecule has 0 aromatic rings. The second kappa shape index (κ2) is 6.05. The van der Waals surface area contributed by atoms with Crippen molar-refractivity contribution in [3.05, 3.63) is 0 Å². The van der Waals surface area contributed by atoms with Crippen LogP contribution in [0, 0.1) is 17.8 Å². The molecule has 0 radical (unpaired) electrons. The average Bonchev–Trinajstić information content (AvgIpc) is 2.64. The molecular formula is C15H28N2O. The summed E-state index contributed by atoms with van der Waals surface area (Å²) in [6.45, 7) is 7.88. The minimum atomic E-state index is 0.243. The largest absolute Gasteiger partial charge is 0.353 e. The fourth-order valence-electron chi connectivity index (χ4n) is 3.42. The van der Waals surface area contributed by atoms with E-state index < -0.39 is 0 Å². The van der Waals surface area contributed by atoms with Crippen molar-refractivity contribution < 1.29 is 4.79 Å². The fourth-order valence-corrected chi connectivity index (χ4v) is 3.42. The second-order valence-electron chi connectivity index (χ2n) is 6.47. The quantitative estimate of drug-likeness (QED) is 0.809. The van der Waals surface area contributed by atoms with E-state index in [1.165, 1.54) is 19.3 Å². The van der Waals surface area contributed by atoms with Gasteiger partial charge in [-0.15, -0.1) is 0 Å². The minimum absolute atomic E-state index is 0.243. The van der Waals surface area contributed by atoms with Crippen molar-refractivity contribution in [1.82, 2.24) is 10.6 Å². The van der Waals surface area contributed by atoms with Gasteiger partial charge in [-0.1, -0.05) is 20.8 Å². The third-order valence-corrected chi connectivity index (χ3v) is 5.15. The molecule has 0 aromatic carbocycles. The van der Waals surface area contributed by atoms with Crippen LogP contribution in [0.5, 0.6) is 0 Å². The standard InChI is InChI=1S/C15H28N2O/c1-10-6-7-13(12(10)3)17-15(18)9-14-11(2)5-4-8-16-14/h10-14,16H,4-9H2,1-3H3,(H,17,18). The summed E-state index contributed by atoms with van der Waals surface area (Å²) in [5.41, 5.74) is 0. The molecule has 1 aliphatic heterocycles. The van der Waals surface area contributed by atoms with Gasteiger partial charge in [-0.3, -0.25) is 4.79 Å². The van der Waals surface area contributed by atoms with Crippen LogP contribution in [0.25, 0.3) is 0 Å². The van der Waals surface area contributed by atoms with Crippen molar-refractivity contribution in [2.24, 2.45) is 17.8 Å². The average molecular weight is 252 g/mol. The lowest BCUT2D eigenvalue weighted by atomic mass is 9.90. The molecule has 1 aliphatic carbocycles. The molecule has 1 saturated heterocycles. The molecular weight excluding hydrogens is 224 g/mol. The van der Waals surface area contributed by atoms with Crippen LogP contribution in [0.2, 0.25) is 0 Å². The first-order valence-electron chi connectivity index (χ1n) is 7.60. The van der Waals surface area contributed by atoms with Gasteiger partial charge in [0, 0.05) is 18.5 Å². The number of carbonyl (C=O) groups is 1. The maximum absolute atomic E-state index is 12.1. The predicted octanol–water partition coefficient (Wildman–Crippen LogP) is 2.32. The van der Waals surface area contributed by atoms with Gasteiger partial charge in [0.05, 0.1) is 0 Å². The maximum Gasteiger partial charge on any atom is 0.221 e. The summed E-state index contributed by atoms with van der Waals surface area (Å²) in [4.78, 5) is 12.1. The second-order valence-corrected chi connectivity index (χ2v) is 6.47. The topological polar surface area (TPSA) is 41.1 Å². The van der Waals surface area contributed by atoms with Crippen LogP contribution < -0.4 is 10.6 Å². The Morgan fingerprint density at radius 3 is 2.56 bits per heavy atom. The number of rotatable bonds is 3. The highest BCUT2D eigenvalue weighted by Crippen LogP contribution is 2.31. The van der Waals surface area contributed by atoms with Crippen molar-refractivity contribution in [3.8, 4) is 0 Å². The molecule has 3 heteroatoms. The van der Waals surface area contributed by atoms with E-state index >= 15 is 0 Å². The Labute approximate surface area is 111 Å². The molecule has 5 unspecified atom stereocenters. The summed E-state index contributed by atoms with van der Waals surface area (Å²) in [6, 6.07) is 0.791. The fraction of sp³-hybridized carbons (Fsp3) is 0.933. The van der Waals surface area contributed by atoms with Crippen molar-refractivity contribution >= 4 is 5.91 Å². The number of nitrogens with one attached hydrogen (secondary N) is 2. The number of hydrogen-bond donors (Lipinski definition) is 2.